The van der Waals surface area contributed by atoms with E-state index in [4.69, 9.17) is 11.6 Å². The Kier molecular flexibility index (Phi) is 4.60. The largest absolute Gasteiger partial charge is 0.348 e. The summed E-state index contributed by atoms with van der Waals surface area (Å²) in [4.78, 5) is 22.8. The van der Waals surface area contributed by atoms with E-state index < -0.39 is 12.0 Å². The van der Waals surface area contributed by atoms with Crippen molar-refractivity contribution in [3.63, 3.8) is 0 Å². The highest BCUT2D eigenvalue weighted by Crippen LogP contribution is 2.35. The first-order valence-electron chi connectivity index (χ1n) is 9.34. The Balaban J connectivity index is 1.62. The zero-order valence-corrected chi connectivity index (χ0v) is 17.9. The van der Waals surface area contributed by atoms with E-state index in [2.05, 4.69) is 20.2 Å². The fraction of sp³-hybridized carbons (Fsp3) is 0.263. The van der Waals surface area contributed by atoms with E-state index in [1.165, 1.54) is 10.7 Å². The second-order valence-corrected chi connectivity index (χ2v) is 8.14. The number of fused-ring (bicyclic) bond motifs is 2. The van der Waals surface area contributed by atoms with Gasteiger partial charge in [-0.1, -0.05) is 20.8 Å². The van der Waals surface area contributed by atoms with Crippen LogP contribution in [0, 0.1) is 0 Å². The number of nitrogens with zero attached hydrogens (tertiary/aromatic N) is 6. The molecular weight excluding hydrogens is 428 g/mol. The minimum Gasteiger partial charge on any atom is -0.348 e. The lowest BCUT2D eigenvalue weighted by Gasteiger charge is -2.33. The number of halogens is 2. The van der Waals surface area contributed by atoms with E-state index in [1.807, 2.05) is 21.4 Å². The van der Waals surface area contributed by atoms with Gasteiger partial charge in [0.1, 0.15) is 17.4 Å². The molecule has 0 spiro atoms. The second-order valence-electron chi connectivity index (χ2n) is 7.15. The first kappa shape index (κ1) is 19.2. The Labute approximate surface area is 178 Å². The number of aromatic nitrogens is 6. The highest BCUT2D eigenvalue weighted by molar-refractivity contribution is 7.16. The summed E-state index contributed by atoms with van der Waals surface area (Å²) in [5.41, 5.74) is 3.61. The average molecular weight is 446 g/mol. The molecule has 1 aliphatic heterocycles. The molecule has 8 nitrogen and oxygen atoms in total. The van der Waals surface area contributed by atoms with Crippen LogP contribution in [0.15, 0.2) is 36.8 Å². The third-order valence-corrected chi connectivity index (χ3v) is 6.00. The zero-order valence-electron chi connectivity index (χ0n) is 16.0. The Morgan fingerprint density at radius 1 is 1.40 bits per heavy atom. The summed E-state index contributed by atoms with van der Waals surface area (Å²) in [5.74, 6) is -1.60. The van der Waals surface area contributed by atoms with Gasteiger partial charge >= 0.3 is 0 Å². The molecule has 0 aromatic carbocycles. The predicted molar refractivity (Wildman–Crippen MR) is 112 cm³/mol. The highest BCUT2D eigenvalue weighted by Gasteiger charge is 2.37. The van der Waals surface area contributed by atoms with Crippen molar-refractivity contribution >= 4 is 32.3 Å². The fourth-order valence-electron chi connectivity index (χ4n) is 3.90. The van der Waals surface area contributed by atoms with Crippen molar-refractivity contribution in [3.05, 3.63) is 70.3 Å². The molecule has 0 fully saturated rings. The minimum absolute atomic E-state index is 0.194. The van der Waals surface area contributed by atoms with E-state index in [0.717, 1.165) is 16.9 Å². The molecule has 0 saturated carbocycles. The molecule has 1 N–H and O–H groups in total. The Morgan fingerprint density at radius 3 is 2.97 bits per heavy atom. The van der Waals surface area contributed by atoms with Crippen LogP contribution in [0.25, 0.3) is 5.52 Å². The molecule has 1 amide bonds. The van der Waals surface area contributed by atoms with Crippen molar-refractivity contribution in [2.45, 2.75) is 18.4 Å². The molecule has 11 heteroatoms. The predicted octanol–water partition coefficient (Wildman–Crippen LogP) is 3.08. The van der Waals surface area contributed by atoms with Crippen LogP contribution in [0.2, 0.25) is 5.02 Å². The van der Waals surface area contributed by atoms with Gasteiger partial charge in [-0.3, -0.25) is 9.48 Å². The van der Waals surface area contributed by atoms with Gasteiger partial charge in [0.05, 0.1) is 28.3 Å². The van der Waals surface area contributed by atoms with Crippen LogP contribution in [0.1, 0.15) is 45.2 Å². The van der Waals surface area contributed by atoms with Crippen LogP contribution in [-0.2, 0) is 13.5 Å². The van der Waals surface area contributed by atoms with Crippen LogP contribution in [0.5, 0.6) is 0 Å². The molecule has 5 heterocycles. The number of aryl methyl sites for hydroxylation is 1. The number of nitrogens with one attached hydrogen (secondary N) is 1. The van der Waals surface area contributed by atoms with Crippen molar-refractivity contribution in [1.29, 1.82) is 0 Å². The number of hydrogen-bond donors (Lipinski definition) is 1. The van der Waals surface area contributed by atoms with Crippen LogP contribution in [-0.4, -0.2) is 46.7 Å². The van der Waals surface area contributed by atoms with Crippen LogP contribution < -0.4 is 0 Å². The van der Waals surface area contributed by atoms with Crippen LogP contribution in [0.4, 0.5) is 4.39 Å². The number of amides is 1. The minimum atomic E-state index is -1.34. The molecule has 30 heavy (non-hydrogen) atoms. The van der Waals surface area contributed by atoms with E-state index in [-0.39, 0.29) is 11.6 Å². The number of H-pyrrole nitrogens is 1. The lowest BCUT2D eigenvalue weighted by Crippen LogP contribution is -2.41. The van der Waals surface area contributed by atoms with Gasteiger partial charge < -0.3 is 9.88 Å². The molecule has 0 aliphatic carbocycles. The standard InChI is InChI=1S/C19H18ClFN7OP/c1-26-15(8-13(24-26)18(21)30)19(29)27-6-4-11-16(23-9-22-11)17(27)12-7-14-10(20)3-2-5-28(14)25-12/h2-3,5,7-9,17-18H,4,6,30H2,1H3,(H,22,23)/t17-,18?/m1/s1. The molecule has 5 rings (SSSR count). The summed E-state index contributed by atoms with van der Waals surface area (Å²) in [6.45, 7) is 0.459. The summed E-state index contributed by atoms with van der Waals surface area (Å²) in [6, 6.07) is 6.45. The Bertz CT molecular complexity index is 1260. The molecule has 154 valence electrons. The van der Waals surface area contributed by atoms with Gasteiger partial charge in [0.15, 0.2) is 5.91 Å². The molecule has 0 radical (unpaired) electrons. The number of aromatic amines is 1. The number of pyridine rings is 1. The molecular formula is C19H18ClFN7OP. The van der Waals surface area contributed by atoms with E-state index in [0.29, 0.717) is 29.4 Å². The fourth-order valence-corrected chi connectivity index (χ4v) is 4.28. The maximum Gasteiger partial charge on any atom is 0.273 e. The topological polar surface area (TPSA) is 84.1 Å². The number of carbonyl (C=O) groups excluding carboxylic acids is 1. The monoisotopic (exact) mass is 445 g/mol. The maximum atomic E-state index is 13.7. The van der Waals surface area contributed by atoms with Gasteiger partial charge in [-0.15, -0.1) is 0 Å². The summed E-state index contributed by atoms with van der Waals surface area (Å²) < 4.78 is 16.8. The summed E-state index contributed by atoms with van der Waals surface area (Å²) in [6.07, 6.45) is 4.06. The highest BCUT2D eigenvalue weighted by atomic mass is 35.5. The van der Waals surface area contributed by atoms with Crippen molar-refractivity contribution in [1.82, 2.24) is 34.3 Å². The maximum absolute atomic E-state index is 13.7. The van der Waals surface area contributed by atoms with E-state index >= 15 is 0 Å². The average Bonchev–Trinajstić information content (AvgIpc) is 3.44. The van der Waals surface area contributed by atoms with Gasteiger partial charge in [0.25, 0.3) is 5.91 Å². The van der Waals surface area contributed by atoms with Crippen molar-refractivity contribution in [2.75, 3.05) is 6.54 Å². The van der Waals surface area contributed by atoms with Gasteiger partial charge in [0, 0.05) is 31.9 Å². The lowest BCUT2D eigenvalue weighted by molar-refractivity contribution is 0.0675. The number of alkyl halides is 1. The van der Waals surface area contributed by atoms with Crippen molar-refractivity contribution < 1.29 is 9.18 Å². The number of imidazole rings is 1. The number of hydrogen-bond acceptors (Lipinski definition) is 4. The molecule has 4 aromatic rings. The van der Waals surface area contributed by atoms with Gasteiger partial charge in [-0.25, -0.2) is 13.9 Å². The summed E-state index contributed by atoms with van der Waals surface area (Å²) in [5, 5.41) is 9.34. The number of carbonyl (C=O) groups is 1. The first-order valence-corrected chi connectivity index (χ1v) is 10.4. The third kappa shape index (κ3) is 3.00. The Hall–Kier alpha value is -2.77. The summed E-state index contributed by atoms with van der Waals surface area (Å²) in [7, 11) is 3.68. The quantitative estimate of drug-likeness (QED) is 0.491. The second kappa shape index (κ2) is 7.18. The molecule has 0 saturated heterocycles. The third-order valence-electron chi connectivity index (χ3n) is 5.34. The van der Waals surface area contributed by atoms with E-state index in [9.17, 15) is 9.18 Å². The van der Waals surface area contributed by atoms with Gasteiger partial charge in [-0.2, -0.15) is 10.2 Å². The van der Waals surface area contributed by atoms with Gasteiger partial charge in [-0.05, 0) is 24.3 Å². The zero-order chi connectivity index (χ0) is 21.0. The lowest BCUT2D eigenvalue weighted by atomic mass is 9.99. The van der Waals surface area contributed by atoms with Gasteiger partial charge in [0.2, 0.25) is 0 Å². The number of rotatable bonds is 3. The van der Waals surface area contributed by atoms with E-state index in [1.54, 1.807) is 35.1 Å². The Morgan fingerprint density at radius 2 is 2.23 bits per heavy atom. The molecule has 1 aliphatic rings. The molecule has 3 atom stereocenters. The van der Waals surface area contributed by atoms with Crippen LogP contribution >= 0.6 is 20.8 Å². The normalized spacial score (nSPS) is 17.3. The van der Waals surface area contributed by atoms with Crippen LogP contribution in [0.3, 0.4) is 0 Å². The first-order chi connectivity index (χ1) is 14.4. The van der Waals surface area contributed by atoms with Crippen molar-refractivity contribution in [2.24, 2.45) is 7.05 Å². The molecule has 4 aromatic heterocycles. The summed E-state index contributed by atoms with van der Waals surface area (Å²) >= 11 is 6.32. The van der Waals surface area contributed by atoms with Crippen molar-refractivity contribution in [3.8, 4) is 0 Å². The SMILES string of the molecule is Cn1nc(C(F)P)cc1C(=O)N1CCc2[nH]cnc2[C@H]1c1cc2c(Cl)cccn2n1. The molecule has 2 unspecified atom stereocenters. The smallest absolute Gasteiger partial charge is 0.273 e. The molecule has 0 bridgehead atoms.